The molecule has 0 fully saturated rings. The van der Waals surface area contributed by atoms with Crippen molar-refractivity contribution in [2.75, 3.05) is 0 Å². The highest BCUT2D eigenvalue weighted by Crippen LogP contribution is 1.76. The Bertz CT molecular complexity index is 12.0. The van der Waals surface area contributed by atoms with E-state index in [1.54, 1.807) is 0 Å². The van der Waals surface area contributed by atoms with Gasteiger partial charge < -0.3 is 0 Å². The Kier molecular flexibility index (Phi) is 59.5. The van der Waals surface area contributed by atoms with Crippen LogP contribution in [-0.2, 0) is 0 Å². The van der Waals surface area contributed by atoms with E-state index in [1.807, 2.05) is 0 Å². The molecule has 0 aromatic heterocycles. The Balaban J connectivity index is -0.0000000750. The fourth-order valence-corrected chi connectivity index (χ4v) is 0. The molecule has 10 heavy (non-hydrogen) atoms. The first kappa shape index (κ1) is 16.5. The lowest BCUT2D eigenvalue weighted by molar-refractivity contribution is 0.886. The van der Waals surface area contributed by atoms with Crippen LogP contribution in [0.15, 0.2) is 0 Å². The maximum Gasteiger partial charge on any atom is -0.0564 e. The van der Waals surface area contributed by atoms with E-state index in [4.69, 9.17) is 0 Å². The van der Waals surface area contributed by atoms with Crippen LogP contribution in [0.2, 0.25) is 0 Å². The van der Waals surface area contributed by atoms with E-state index >= 15 is 0 Å². The highest BCUT2D eigenvalue weighted by molar-refractivity contribution is 4.12. The minimum Gasteiger partial charge on any atom is -0.0656 e. The minimum atomic E-state index is 1.25. The minimum absolute atomic E-state index is 1.25. The first-order valence-electron chi connectivity index (χ1n) is 4.74. The molecule has 0 aromatic carbocycles. The van der Waals surface area contributed by atoms with Crippen molar-refractivity contribution in [3.8, 4) is 0 Å². The summed E-state index contributed by atoms with van der Waals surface area (Å²) in [6.45, 7) is 12.9. The van der Waals surface area contributed by atoms with Crippen molar-refractivity contribution in [3.05, 3.63) is 0 Å². The van der Waals surface area contributed by atoms with Crippen LogP contribution in [0.25, 0.3) is 0 Å². The van der Waals surface area contributed by atoms with Gasteiger partial charge in [-0.05, 0) is 0 Å². The van der Waals surface area contributed by atoms with E-state index in [1.165, 1.54) is 25.7 Å². The van der Waals surface area contributed by atoms with Gasteiger partial charge in [-0.1, -0.05) is 67.2 Å². The predicted octanol–water partition coefficient (Wildman–Crippen LogP) is 4.64. The van der Waals surface area contributed by atoms with Crippen molar-refractivity contribution in [2.24, 2.45) is 0 Å². The lowest BCUT2D eigenvalue weighted by Crippen LogP contribution is -1.47. The summed E-state index contributed by atoms with van der Waals surface area (Å²) >= 11 is 0. The van der Waals surface area contributed by atoms with Gasteiger partial charge in [0, 0.05) is 0 Å². The summed E-state index contributed by atoms with van der Waals surface area (Å²) < 4.78 is 0. The van der Waals surface area contributed by atoms with E-state index in [2.05, 4.69) is 41.5 Å². The maximum atomic E-state index is 2.18. The van der Waals surface area contributed by atoms with Gasteiger partial charge >= 0.3 is 0 Å². The molecule has 0 aliphatic carbocycles. The van der Waals surface area contributed by atoms with Crippen molar-refractivity contribution >= 4 is 0 Å². The average molecular weight is 146 g/mol. The van der Waals surface area contributed by atoms with E-state index in [0.717, 1.165) is 0 Å². The van der Waals surface area contributed by atoms with Crippen molar-refractivity contribution in [1.82, 2.24) is 0 Å². The van der Waals surface area contributed by atoms with Gasteiger partial charge in [0.05, 0.1) is 0 Å². The Morgan fingerprint density at radius 2 is 0.600 bits per heavy atom. The molecule has 0 amide bonds. The molecule has 66 valence electrons. The maximum absolute atomic E-state index is 2.18. The molecule has 0 bridgehead atoms. The van der Waals surface area contributed by atoms with Crippen molar-refractivity contribution in [2.45, 2.75) is 67.2 Å². The van der Waals surface area contributed by atoms with Crippen LogP contribution >= 0.6 is 0 Å². The molecule has 0 spiro atoms. The lowest BCUT2D eigenvalue weighted by atomic mass is 10.4. The summed E-state index contributed by atoms with van der Waals surface area (Å²) in [5, 5.41) is 0. The van der Waals surface area contributed by atoms with Gasteiger partial charge in [0.25, 0.3) is 0 Å². The van der Waals surface area contributed by atoms with Crippen molar-refractivity contribution < 1.29 is 0 Å². The molecule has 0 heteroatoms. The van der Waals surface area contributed by atoms with Gasteiger partial charge in [0.1, 0.15) is 0 Å². The molecule has 0 heterocycles. The third-order valence-electron chi connectivity index (χ3n) is 0.500. The molecule has 0 nitrogen and oxygen atoms in total. The van der Waals surface area contributed by atoms with Gasteiger partial charge in [-0.25, -0.2) is 0 Å². The topological polar surface area (TPSA) is 0 Å². The Hall–Kier alpha value is 0. The summed E-state index contributed by atoms with van der Waals surface area (Å²) in [6, 6.07) is 0. The zero-order chi connectivity index (χ0) is 8.83. The standard InChI is InChI=1S/C4H10.2C3H8/c1-3-4-2;2*1-3-2/h3-4H2,1-2H3;2*3H2,1-2H3. The lowest BCUT2D eigenvalue weighted by Gasteiger charge is -1.68. The SMILES string of the molecule is CCC.CCC.CCCC. The molecular weight excluding hydrogens is 120 g/mol. The summed E-state index contributed by atoms with van der Waals surface area (Å²) in [6.07, 6.45) is 5.14. The van der Waals surface area contributed by atoms with E-state index < -0.39 is 0 Å². The van der Waals surface area contributed by atoms with Gasteiger partial charge in [-0.3, -0.25) is 0 Å². The largest absolute Gasteiger partial charge is 0.0656 e. The third kappa shape index (κ3) is 392. The molecule has 0 rings (SSSR count). The first-order chi connectivity index (χ1) is 4.74. The summed E-state index contributed by atoms with van der Waals surface area (Å²) in [5.74, 6) is 0. The van der Waals surface area contributed by atoms with Gasteiger partial charge in [0.15, 0.2) is 0 Å². The van der Waals surface area contributed by atoms with Crippen molar-refractivity contribution in [1.29, 1.82) is 0 Å². The molecule has 0 atom stereocenters. The van der Waals surface area contributed by atoms with Crippen molar-refractivity contribution in [3.63, 3.8) is 0 Å². The first-order valence-corrected chi connectivity index (χ1v) is 4.74. The molecule has 0 aliphatic rings. The highest BCUT2D eigenvalue weighted by atomic mass is 13.6. The predicted molar refractivity (Wildman–Crippen MR) is 52.5 cm³/mol. The van der Waals surface area contributed by atoms with E-state index in [0.29, 0.717) is 0 Å². The average Bonchev–Trinajstić information content (AvgIpc) is 1.91. The van der Waals surface area contributed by atoms with Crippen LogP contribution in [0.5, 0.6) is 0 Å². The van der Waals surface area contributed by atoms with Crippen LogP contribution in [0.4, 0.5) is 0 Å². The number of hydrogen-bond donors (Lipinski definition) is 0. The van der Waals surface area contributed by atoms with E-state index in [-0.39, 0.29) is 0 Å². The van der Waals surface area contributed by atoms with Gasteiger partial charge in [0.2, 0.25) is 0 Å². The number of hydrogen-bond acceptors (Lipinski definition) is 0. The monoisotopic (exact) mass is 146 g/mol. The third-order valence-corrected chi connectivity index (χ3v) is 0.500. The molecule has 0 radical (unpaired) electrons. The Morgan fingerprint density at radius 1 is 0.500 bits per heavy atom. The van der Waals surface area contributed by atoms with Crippen LogP contribution in [0.3, 0.4) is 0 Å². The van der Waals surface area contributed by atoms with Gasteiger partial charge in [-0.2, -0.15) is 0 Å². The van der Waals surface area contributed by atoms with Crippen LogP contribution in [0.1, 0.15) is 67.2 Å². The number of unbranched alkanes of at least 4 members (excludes halogenated alkanes) is 1. The fourth-order valence-electron chi connectivity index (χ4n) is 0. The molecule has 0 saturated heterocycles. The fraction of sp³-hybridized carbons (Fsp3) is 1.00. The molecule has 0 aromatic rings. The Labute approximate surface area is 68.0 Å². The second-order valence-corrected chi connectivity index (χ2v) is 2.41. The zero-order valence-electron chi connectivity index (χ0n) is 8.83. The highest BCUT2D eigenvalue weighted by Gasteiger charge is 1.56. The molecule has 0 aliphatic heterocycles. The molecule has 0 saturated carbocycles. The van der Waals surface area contributed by atoms with E-state index in [9.17, 15) is 0 Å². The van der Waals surface area contributed by atoms with Crippen LogP contribution in [-0.4, -0.2) is 0 Å². The van der Waals surface area contributed by atoms with Crippen LogP contribution in [0, 0.1) is 0 Å². The summed E-state index contributed by atoms with van der Waals surface area (Å²) in [5.41, 5.74) is 0. The summed E-state index contributed by atoms with van der Waals surface area (Å²) in [7, 11) is 0. The normalized spacial score (nSPS) is 6.60. The molecule has 0 N–H and O–H groups in total. The molecular formula is C10H26. The van der Waals surface area contributed by atoms with Crippen LogP contribution < -0.4 is 0 Å². The van der Waals surface area contributed by atoms with Gasteiger partial charge in [-0.15, -0.1) is 0 Å². The quantitative estimate of drug-likeness (QED) is 0.505. The number of rotatable bonds is 1. The Morgan fingerprint density at radius 3 is 0.600 bits per heavy atom. The zero-order valence-corrected chi connectivity index (χ0v) is 8.83. The second-order valence-electron chi connectivity index (χ2n) is 2.41. The summed E-state index contributed by atoms with van der Waals surface area (Å²) in [4.78, 5) is 0. The molecule has 0 unspecified atom stereocenters. The second kappa shape index (κ2) is 36.0. The smallest absolute Gasteiger partial charge is 0.0564 e.